The van der Waals surface area contributed by atoms with E-state index in [1.165, 1.54) is 0 Å². The maximum Gasteiger partial charge on any atom is 0.249 e. The zero-order valence-electron chi connectivity index (χ0n) is 10.8. The number of hydrogen-bond donors (Lipinski definition) is 1. The van der Waals surface area contributed by atoms with E-state index in [9.17, 15) is 4.79 Å². The quantitative estimate of drug-likeness (QED) is 0.788. The van der Waals surface area contributed by atoms with Gasteiger partial charge in [0.1, 0.15) is 5.75 Å². The molecule has 0 aliphatic rings. The monoisotopic (exact) mass is 288 g/mol. The van der Waals surface area contributed by atoms with Crippen LogP contribution in [0.3, 0.4) is 0 Å². The summed E-state index contributed by atoms with van der Waals surface area (Å²) in [7, 11) is 1.59. The number of hydrogen-bond acceptors (Lipinski definition) is 3. The fourth-order valence-electron chi connectivity index (χ4n) is 2.19. The minimum Gasteiger partial charge on any atom is -0.495 e. The van der Waals surface area contributed by atoms with Gasteiger partial charge in [-0.1, -0.05) is 12.1 Å². The van der Waals surface area contributed by atoms with Crippen molar-refractivity contribution < 1.29 is 4.74 Å². The summed E-state index contributed by atoms with van der Waals surface area (Å²) in [6.07, 6.45) is 3.42. The van der Waals surface area contributed by atoms with Crippen molar-refractivity contribution in [2.24, 2.45) is 0 Å². The van der Waals surface area contributed by atoms with Crippen molar-refractivity contribution in [1.82, 2.24) is 9.97 Å². The Morgan fingerprint density at radius 2 is 1.90 bits per heavy atom. The molecule has 0 saturated heterocycles. The molecule has 3 aromatic rings. The van der Waals surface area contributed by atoms with Gasteiger partial charge >= 0.3 is 0 Å². The molecule has 0 aliphatic heterocycles. The van der Waals surface area contributed by atoms with Crippen LogP contribution >= 0.6 is 12.4 Å². The lowest BCUT2D eigenvalue weighted by atomic mass is 10.0. The highest BCUT2D eigenvalue weighted by Gasteiger charge is 2.09. The van der Waals surface area contributed by atoms with Crippen LogP contribution in [0.2, 0.25) is 0 Å². The van der Waals surface area contributed by atoms with Crippen LogP contribution in [0, 0.1) is 0 Å². The standard InChI is InChI=1S/C15H12N2O2.ClH/c1-19-13-4-2-3-11-12(9-14(18)17-15(11)13)10-5-7-16-8-6-10;/h2-9H,1H3,(H,17,18);1H. The first-order chi connectivity index (χ1) is 9.29. The molecule has 0 fully saturated rings. The Balaban J connectivity index is 0.00000147. The van der Waals surface area contributed by atoms with Gasteiger partial charge in [0.05, 0.1) is 12.6 Å². The van der Waals surface area contributed by atoms with Gasteiger partial charge in [-0.25, -0.2) is 0 Å². The van der Waals surface area contributed by atoms with Gasteiger partial charge in [0.15, 0.2) is 0 Å². The zero-order chi connectivity index (χ0) is 13.2. The summed E-state index contributed by atoms with van der Waals surface area (Å²) in [4.78, 5) is 18.6. The van der Waals surface area contributed by atoms with E-state index in [1.54, 1.807) is 25.6 Å². The first-order valence-corrected chi connectivity index (χ1v) is 5.90. The van der Waals surface area contributed by atoms with E-state index in [2.05, 4.69) is 9.97 Å². The van der Waals surface area contributed by atoms with E-state index < -0.39 is 0 Å². The lowest BCUT2D eigenvalue weighted by molar-refractivity contribution is 0.419. The van der Waals surface area contributed by atoms with Crippen LogP contribution in [-0.4, -0.2) is 17.1 Å². The molecule has 1 aromatic carbocycles. The van der Waals surface area contributed by atoms with Gasteiger partial charge in [-0.2, -0.15) is 0 Å². The molecule has 0 bridgehead atoms. The third-order valence-electron chi connectivity index (χ3n) is 3.05. The first kappa shape index (κ1) is 14.1. The van der Waals surface area contributed by atoms with Crippen molar-refractivity contribution in [2.45, 2.75) is 0 Å². The van der Waals surface area contributed by atoms with Crippen LogP contribution < -0.4 is 10.3 Å². The average molecular weight is 289 g/mol. The number of aromatic amines is 1. The molecule has 0 radical (unpaired) electrons. The normalized spacial score (nSPS) is 10.1. The van der Waals surface area contributed by atoms with E-state index in [-0.39, 0.29) is 18.0 Å². The molecule has 5 heteroatoms. The van der Waals surface area contributed by atoms with Crippen molar-refractivity contribution >= 4 is 23.3 Å². The second-order valence-electron chi connectivity index (χ2n) is 4.17. The summed E-state index contributed by atoms with van der Waals surface area (Å²) in [5.74, 6) is 0.658. The topological polar surface area (TPSA) is 55.0 Å². The molecule has 0 saturated carbocycles. The maximum atomic E-state index is 11.8. The molecule has 2 heterocycles. The Bertz CT molecular complexity index is 785. The summed E-state index contributed by atoms with van der Waals surface area (Å²) in [6, 6.07) is 11.1. The van der Waals surface area contributed by atoms with Gasteiger partial charge < -0.3 is 9.72 Å². The average Bonchev–Trinajstić information content (AvgIpc) is 2.46. The van der Waals surface area contributed by atoms with Crippen LogP contribution in [0.4, 0.5) is 0 Å². The Hall–Kier alpha value is -2.33. The minimum absolute atomic E-state index is 0. The smallest absolute Gasteiger partial charge is 0.249 e. The number of aromatic nitrogens is 2. The molecule has 0 amide bonds. The summed E-state index contributed by atoms with van der Waals surface area (Å²) < 4.78 is 5.29. The molecule has 3 rings (SSSR count). The van der Waals surface area contributed by atoms with E-state index in [0.29, 0.717) is 11.3 Å². The van der Waals surface area contributed by atoms with Crippen LogP contribution in [0.15, 0.2) is 53.6 Å². The molecule has 20 heavy (non-hydrogen) atoms. The second kappa shape index (κ2) is 5.75. The van der Waals surface area contributed by atoms with Gasteiger partial charge in [-0.3, -0.25) is 9.78 Å². The van der Waals surface area contributed by atoms with Crippen molar-refractivity contribution in [2.75, 3.05) is 7.11 Å². The van der Waals surface area contributed by atoms with E-state index in [0.717, 1.165) is 16.5 Å². The third kappa shape index (κ3) is 2.38. The minimum atomic E-state index is -0.149. The van der Waals surface area contributed by atoms with E-state index in [4.69, 9.17) is 4.74 Å². The molecule has 4 nitrogen and oxygen atoms in total. The number of nitrogens with zero attached hydrogens (tertiary/aromatic N) is 1. The third-order valence-corrected chi connectivity index (χ3v) is 3.05. The SMILES string of the molecule is COc1cccc2c(-c3ccncc3)cc(=O)[nH]c12.Cl. The number of fused-ring (bicyclic) bond motifs is 1. The number of ether oxygens (including phenoxy) is 1. The van der Waals surface area contributed by atoms with Gasteiger partial charge in [-0.05, 0) is 29.3 Å². The molecule has 0 aliphatic carbocycles. The number of para-hydroxylation sites is 1. The number of rotatable bonds is 2. The second-order valence-corrected chi connectivity index (χ2v) is 4.17. The number of halogens is 1. The maximum absolute atomic E-state index is 11.8. The zero-order valence-corrected chi connectivity index (χ0v) is 11.6. The van der Waals surface area contributed by atoms with Gasteiger partial charge in [0.25, 0.3) is 0 Å². The fourth-order valence-corrected chi connectivity index (χ4v) is 2.19. The summed E-state index contributed by atoms with van der Waals surface area (Å²) in [5, 5.41) is 0.949. The predicted molar refractivity (Wildman–Crippen MR) is 81.6 cm³/mol. The Morgan fingerprint density at radius 1 is 1.15 bits per heavy atom. The number of H-pyrrole nitrogens is 1. The molecule has 1 N–H and O–H groups in total. The Kier molecular flexibility index (Phi) is 4.05. The van der Waals surface area contributed by atoms with Crippen LogP contribution in [0.1, 0.15) is 0 Å². The number of pyridine rings is 2. The van der Waals surface area contributed by atoms with Crippen molar-refractivity contribution in [3.8, 4) is 16.9 Å². The van der Waals surface area contributed by atoms with E-state index in [1.807, 2.05) is 30.3 Å². The summed E-state index contributed by atoms with van der Waals surface area (Å²) >= 11 is 0. The van der Waals surface area contributed by atoms with Crippen LogP contribution in [0.25, 0.3) is 22.0 Å². The molecule has 0 unspecified atom stereocenters. The number of nitrogens with one attached hydrogen (secondary N) is 1. The highest BCUT2D eigenvalue weighted by molar-refractivity contribution is 5.97. The lowest BCUT2D eigenvalue weighted by Crippen LogP contribution is -2.05. The summed E-state index contributed by atoms with van der Waals surface area (Å²) in [5.41, 5.74) is 2.40. The lowest BCUT2D eigenvalue weighted by Gasteiger charge is -2.09. The Labute approximate surface area is 121 Å². The largest absolute Gasteiger partial charge is 0.495 e. The first-order valence-electron chi connectivity index (χ1n) is 5.90. The van der Waals surface area contributed by atoms with Crippen molar-refractivity contribution in [3.05, 3.63) is 59.1 Å². The van der Waals surface area contributed by atoms with Crippen molar-refractivity contribution in [1.29, 1.82) is 0 Å². The molecule has 0 atom stereocenters. The van der Waals surface area contributed by atoms with E-state index >= 15 is 0 Å². The molecule has 0 spiro atoms. The fraction of sp³-hybridized carbons (Fsp3) is 0.0667. The Morgan fingerprint density at radius 3 is 2.60 bits per heavy atom. The molecule has 102 valence electrons. The van der Waals surface area contributed by atoms with Crippen LogP contribution in [0.5, 0.6) is 5.75 Å². The molecule has 2 aromatic heterocycles. The number of methoxy groups -OCH3 is 1. The van der Waals surface area contributed by atoms with Crippen molar-refractivity contribution in [3.63, 3.8) is 0 Å². The molecular formula is C15H13ClN2O2. The highest BCUT2D eigenvalue weighted by Crippen LogP contribution is 2.30. The highest BCUT2D eigenvalue weighted by atomic mass is 35.5. The van der Waals surface area contributed by atoms with Crippen LogP contribution in [-0.2, 0) is 0 Å². The van der Waals surface area contributed by atoms with Gasteiger partial charge in [-0.15, -0.1) is 12.4 Å². The predicted octanol–water partition coefficient (Wildman–Crippen LogP) is 3.02. The summed E-state index contributed by atoms with van der Waals surface area (Å²) in [6.45, 7) is 0. The molecular weight excluding hydrogens is 276 g/mol. The van der Waals surface area contributed by atoms with Gasteiger partial charge in [0, 0.05) is 23.8 Å². The van der Waals surface area contributed by atoms with Gasteiger partial charge in [0.2, 0.25) is 5.56 Å². The number of benzene rings is 1.